The van der Waals surface area contributed by atoms with Gasteiger partial charge in [0.2, 0.25) is 5.91 Å². The van der Waals surface area contributed by atoms with E-state index in [2.05, 4.69) is 22.8 Å². The molecule has 4 nitrogen and oxygen atoms in total. The molecule has 1 aliphatic carbocycles. The molecule has 1 aliphatic rings. The van der Waals surface area contributed by atoms with E-state index in [4.69, 9.17) is 4.42 Å². The molecule has 2 N–H and O–H groups in total. The van der Waals surface area contributed by atoms with Crippen LogP contribution in [-0.4, -0.2) is 18.0 Å². The smallest absolute Gasteiger partial charge is 0.242 e. The third kappa shape index (κ3) is 2.84. The minimum atomic E-state index is -0.263. The summed E-state index contributed by atoms with van der Waals surface area (Å²) >= 11 is 0. The number of rotatable bonds is 4. The molecule has 1 amide bonds. The van der Waals surface area contributed by atoms with Crippen molar-refractivity contribution >= 4 is 33.5 Å². The zero-order valence-corrected chi connectivity index (χ0v) is 13.8. The molecule has 1 aromatic heterocycles. The Morgan fingerprint density at radius 2 is 1.83 bits per heavy atom. The lowest BCUT2D eigenvalue weighted by molar-refractivity contribution is -0.122. The van der Waals surface area contributed by atoms with Gasteiger partial charge in [-0.1, -0.05) is 31.0 Å². The van der Waals surface area contributed by atoms with E-state index in [1.54, 1.807) is 0 Å². The van der Waals surface area contributed by atoms with Crippen molar-refractivity contribution in [2.24, 2.45) is 0 Å². The minimum absolute atomic E-state index is 0.0686. The standard InChI is InChI=1S/C20H22N2O2/c1-13(20(23)22-14-6-2-3-7-14)21-15-10-11-19-17(12-15)16-8-4-5-9-18(16)24-19/h4-5,8-14,21H,2-3,6-7H2,1H3,(H,22,23)/t13-/m1/s1. The Morgan fingerprint density at radius 1 is 1.08 bits per heavy atom. The molecule has 0 radical (unpaired) electrons. The summed E-state index contributed by atoms with van der Waals surface area (Å²) in [5.41, 5.74) is 2.68. The molecule has 1 atom stereocenters. The van der Waals surface area contributed by atoms with Gasteiger partial charge in [-0.25, -0.2) is 0 Å². The third-order valence-corrected chi connectivity index (χ3v) is 4.85. The van der Waals surface area contributed by atoms with Crippen LogP contribution in [0.25, 0.3) is 21.9 Å². The van der Waals surface area contributed by atoms with Crippen LogP contribution in [0, 0.1) is 0 Å². The van der Waals surface area contributed by atoms with E-state index < -0.39 is 0 Å². The summed E-state index contributed by atoms with van der Waals surface area (Å²) in [6, 6.07) is 14.1. The average molecular weight is 322 g/mol. The van der Waals surface area contributed by atoms with Gasteiger partial charge in [-0.2, -0.15) is 0 Å². The van der Waals surface area contributed by atoms with Crippen LogP contribution in [0.4, 0.5) is 5.69 Å². The zero-order chi connectivity index (χ0) is 16.5. The van der Waals surface area contributed by atoms with Crippen molar-refractivity contribution in [2.45, 2.75) is 44.7 Å². The second-order valence-corrected chi connectivity index (χ2v) is 6.67. The molecule has 4 heteroatoms. The Balaban J connectivity index is 1.53. The molecule has 1 heterocycles. The molecule has 0 aliphatic heterocycles. The summed E-state index contributed by atoms with van der Waals surface area (Å²) in [6.45, 7) is 1.90. The lowest BCUT2D eigenvalue weighted by atomic mass is 10.1. The Hall–Kier alpha value is -2.49. The summed E-state index contributed by atoms with van der Waals surface area (Å²) in [6.07, 6.45) is 4.64. The van der Waals surface area contributed by atoms with Crippen LogP contribution >= 0.6 is 0 Å². The maximum Gasteiger partial charge on any atom is 0.242 e. The number of anilines is 1. The summed E-state index contributed by atoms with van der Waals surface area (Å²) in [4.78, 5) is 12.3. The van der Waals surface area contributed by atoms with E-state index in [9.17, 15) is 4.79 Å². The number of hydrogen-bond donors (Lipinski definition) is 2. The zero-order valence-electron chi connectivity index (χ0n) is 13.8. The molecular formula is C20H22N2O2. The Morgan fingerprint density at radius 3 is 2.67 bits per heavy atom. The topological polar surface area (TPSA) is 54.3 Å². The van der Waals surface area contributed by atoms with Gasteiger partial charge in [-0.15, -0.1) is 0 Å². The predicted octanol–water partition coefficient (Wildman–Crippen LogP) is 4.45. The SMILES string of the molecule is C[C@@H](Nc1ccc2oc3ccccc3c2c1)C(=O)NC1CCCC1. The monoisotopic (exact) mass is 322 g/mol. The van der Waals surface area contributed by atoms with Crippen LogP contribution in [0.1, 0.15) is 32.6 Å². The van der Waals surface area contributed by atoms with Crippen LogP contribution in [0.15, 0.2) is 46.9 Å². The molecule has 0 bridgehead atoms. The second kappa shape index (κ2) is 6.19. The normalized spacial score (nSPS) is 16.5. The van der Waals surface area contributed by atoms with Gasteiger partial charge in [0.15, 0.2) is 0 Å². The number of furan rings is 1. The van der Waals surface area contributed by atoms with Gasteiger partial charge in [-0.3, -0.25) is 4.79 Å². The first-order chi connectivity index (χ1) is 11.7. The molecule has 124 valence electrons. The summed E-state index contributed by atoms with van der Waals surface area (Å²) in [5.74, 6) is 0.0686. The maximum atomic E-state index is 12.3. The van der Waals surface area contributed by atoms with Crippen molar-refractivity contribution in [3.63, 3.8) is 0 Å². The molecule has 0 spiro atoms. The third-order valence-electron chi connectivity index (χ3n) is 4.85. The molecule has 0 unspecified atom stereocenters. The Bertz CT molecular complexity index is 878. The first-order valence-corrected chi connectivity index (χ1v) is 8.69. The van der Waals surface area contributed by atoms with Crippen molar-refractivity contribution < 1.29 is 9.21 Å². The molecular weight excluding hydrogens is 300 g/mol. The van der Waals surface area contributed by atoms with Crippen LogP contribution in [0.3, 0.4) is 0 Å². The van der Waals surface area contributed by atoms with Gasteiger partial charge in [-0.05, 0) is 44.0 Å². The molecule has 4 rings (SSSR count). The fraction of sp³-hybridized carbons (Fsp3) is 0.350. The van der Waals surface area contributed by atoms with E-state index in [1.807, 2.05) is 37.3 Å². The molecule has 3 aromatic rings. The van der Waals surface area contributed by atoms with Crippen molar-refractivity contribution in [1.29, 1.82) is 0 Å². The number of fused-ring (bicyclic) bond motifs is 3. The summed E-state index contributed by atoms with van der Waals surface area (Å²) in [5, 5.41) is 8.61. The number of amides is 1. The first-order valence-electron chi connectivity index (χ1n) is 8.69. The molecule has 0 saturated heterocycles. The number of nitrogens with one attached hydrogen (secondary N) is 2. The van der Waals surface area contributed by atoms with E-state index >= 15 is 0 Å². The number of carbonyl (C=O) groups excluding carboxylic acids is 1. The Kier molecular flexibility index (Phi) is 3.89. The minimum Gasteiger partial charge on any atom is -0.456 e. The van der Waals surface area contributed by atoms with E-state index in [1.165, 1.54) is 12.8 Å². The van der Waals surface area contributed by atoms with Crippen LogP contribution in [0.2, 0.25) is 0 Å². The number of carbonyl (C=O) groups is 1. The second-order valence-electron chi connectivity index (χ2n) is 6.67. The molecule has 1 saturated carbocycles. The highest BCUT2D eigenvalue weighted by atomic mass is 16.3. The number of benzene rings is 2. The maximum absolute atomic E-state index is 12.3. The van der Waals surface area contributed by atoms with Gasteiger partial charge >= 0.3 is 0 Å². The lowest BCUT2D eigenvalue weighted by Crippen LogP contribution is -2.42. The van der Waals surface area contributed by atoms with E-state index in [0.717, 1.165) is 40.5 Å². The highest BCUT2D eigenvalue weighted by molar-refractivity contribution is 6.06. The average Bonchev–Trinajstić information content (AvgIpc) is 3.22. The molecule has 2 aromatic carbocycles. The first kappa shape index (κ1) is 15.1. The number of hydrogen-bond acceptors (Lipinski definition) is 3. The lowest BCUT2D eigenvalue weighted by Gasteiger charge is -2.18. The van der Waals surface area contributed by atoms with Crippen LogP contribution in [0.5, 0.6) is 0 Å². The molecule has 1 fully saturated rings. The quantitative estimate of drug-likeness (QED) is 0.746. The van der Waals surface area contributed by atoms with Crippen molar-refractivity contribution in [3.05, 3.63) is 42.5 Å². The molecule has 24 heavy (non-hydrogen) atoms. The largest absolute Gasteiger partial charge is 0.456 e. The fourth-order valence-corrected chi connectivity index (χ4v) is 3.53. The summed E-state index contributed by atoms with van der Waals surface area (Å²) < 4.78 is 5.84. The van der Waals surface area contributed by atoms with Crippen molar-refractivity contribution in [2.75, 3.05) is 5.32 Å². The fourth-order valence-electron chi connectivity index (χ4n) is 3.53. The van der Waals surface area contributed by atoms with Crippen LogP contribution in [-0.2, 0) is 4.79 Å². The van der Waals surface area contributed by atoms with Gasteiger partial charge < -0.3 is 15.1 Å². The highest BCUT2D eigenvalue weighted by Gasteiger charge is 2.20. The van der Waals surface area contributed by atoms with Gasteiger partial charge in [0.25, 0.3) is 0 Å². The van der Waals surface area contributed by atoms with Gasteiger partial charge in [0.1, 0.15) is 17.2 Å². The Labute approximate surface area is 141 Å². The summed E-state index contributed by atoms with van der Waals surface area (Å²) in [7, 11) is 0. The van der Waals surface area contributed by atoms with Crippen LogP contribution < -0.4 is 10.6 Å². The van der Waals surface area contributed by atoms with Gasteiger partial charge in [0, 0.05) is 22.5 Å². The van der Waals surface area contributed by atoms with E-state index in [0.29, 0.717) is 6.04 Å². The van der Waals surface area contributed by atoms with Crippen molar-refractivity contribution in [1.82, 2.24) is 5.32 Å². The predicted molar refractivity (Wildman–Crippen MR) is 97.2 cm³/mol. The highest BCUT2D eigenvalue weighted by Crippen LogP contribution is 2.30. The van der Waals surface area contributed by atoms with E-state index in [-0.39, 0.29) is 11.9 Å². The van der Waals surface area contributed by atoms with Gasteiger partial charge in [0.05, 0.1) is 0 Å². The van der Waals surface area contributed by atoms with Crippen molar-refractivity contribution in [3.8, 4) is 0 Å². The number of para-hydroxylation sites is 1.